The molecule has 0 fully saturated rings. The largest absolute Gasteiger partial charge is 0.350 e. The van der Waals surface area contributed by atoms with Gasteiger partial charge in [0.05, 0.1) is 8.07 Å². The minimum absolute atomic E-state index is 0.00123. The molecule has 18 heavy (non-hydrogen) atoms. The summed E-state index contributed by atoms with van der Waals surface area (Å²) >= 11 is 5.97. The molecule has 0 heterocycles. The van der Waals surface area contributed by atoms with Crippen molar-refractivity contribution in [2.75, 3.05) is 0 Å². The Morgan fingerprint density at radius 1 is 1.33 bits per heavy atom. The molecule has 2 nitrogen and oxygen atoms in total. The summed E-state index contributed by atoms with van der Waals surface area (Å²) in [6, 6.07) is 6.14. The smallest absolute Gasteiger partial charge is 0.251 e. The van der Waals surface area contributed by atoms with E-state index in [9.17, 15) is 4.79 Å². The molecule has 0 saturated carbocycles. The SMILES string of the molecule is CC(C)NC(=O)c1c(CCl)cccc1[Si](C)(C)C. The second-order valence-corrected chi connectivity index (χ2v) is 11.2. The van der Waals surface area contributed by atoms with Crippen LogP contribution in [0.2, 0.25) is 19.6 Å². The number of alkyl halides is 1. The molecular weight excluding hydrogens is 262 g/mol. The lowest BCUT2D eigenvalue weighted by molar-refractivity contribution is 0.0943. The number of nitrogens with one attached hydrogen (secondary N) is 1. The zero-order valence-corrected chi connectivity index (χ0v) is 13.6. The van der Waals surface area contributed by atoms with E-state index in [1.54, 1.807) is 0 Å². The van der Waals surface area contributed by atoms with E-state index in [2.05, 4.69) is 31.0 Å². The van der Waals surface area contributed by atoms with Crippen LogP contribution in [0.25, 0.3) is 0 Å². The molecule has 0 bridgehead atoms. The van der Waals surface area contributed by atoms with Crippen molar-refractivity contribution in [2.45, 2.75) is 45.4 Å². The Bertz CT molecular complexity index is 438. The quantitative estimate of drug-likeness (QED) is 0.668. The topological polar surface area (TPSA) is 29.1 Å². The van der Waals surface area contributed by atoms with Crippen LogP contribution in [-0.4, -0.2) is 20.0 Å². The van der Waals surface area contributed by atoms with E-state index in [1.165, 1.54) is 5.19 Å². The summed E-state index contributed by atoms with van der Waals surface area (Å²) < 4.78 is 0. The minimum atomic E-state index is -1.56. The fraction of sp³-hybridized carbons (Fsp3) is 0.500. The maximum atomic E-state index is 12.4. The summed E-state index contributed by atoms with van der Waals surface area (Å²) in [6.45, 7) is 10.7. The van der Waals surface area contributed by atoms with Crippen molar-refractivity contribution in [1.82, 2.24) is 5.32 Å². The number of benzene rings is 1. The molecule has 100 valence electrons. The highest BCUT2D eigenvalue weighted by molar-refractivity contribution is 6.89. The number of rotatable bonds is 4. The number of hydrogen-bond donors (Lipinski definition) is 1. The van der Waals surface area contributed by atoms with Crippen molar-refractivity contribution in [1.29, 1.82) is 0 Å². The minimum Gasteiger partial charge on any atom is -0.350 e. The van der Waals surface area contributed by atoms with Gasteiger partial charge in [-0.15, -0.1) is 11.6 Å². The number of carbonyl (C=O) groups is 1. The van der Waals surface area contributed by atoms with Gasteiger partial charge in [0, 0.05) is 17.5 Å². The molecule has 1 N–H and O–H groups in total. The van der Waals surface area contributed by atoms with E-state index in [0.29, 0.717) is 5.88 Å². The van der Waals surface area contributed by atoms with Gasteiger partial charge in [-0.25, -0.2) is 0 Å². The average molecular weight is 284 g/mol. The molecule has 0 saturated heterocycles. The Morgan fingerprint density at radius 2 is 1.94 bits per heavy atom. The summed E-state index contributed by atoms with van der Waals surface area (Å²) in [5.41, 5.74) is 1.72. The number of amides is 1. The summed E-state index contributed by atoms with van der Waals surface area (Å²) in [5, 5.41) is 4.15. The third kappa shape index (κ3) is 3.59. The molecule has 0 radical (unpaired) electrons. The summed E-state index contributed by atoms with van der Waals surface area (Å²) in [7, 11) is -1.56. The lowest BCUT2D eigenvalue weighted by Crippen LogP contribution is -2.45. The van der Waals surface area contributed by atoms with Gasteiger partial charge >= 0.3 is 0 Å². The maximum Gasteiger partial charge on any atom is 0.251 e. The highest BCUT2D eigenvalue weighted by Crippen LogP contribution is 2.15. The standard InChI is InChI=1S/C14H22ClNOSi/c1-10(2)16-14(17)13-11(9-15)7-6-8-12(13)18(3,4)5/h6-8,10H,9H2,1-5H3,(H,16,17). The lowest BCUT2D eigenvalue weighted by Gasteiger charge is -2.23. The van der Waals surface area contributed by atoms with Gasteiger partial charge in [0.2, 0.25) is 0 Å². The second-order valence-electron chi connectivity index (χ2n) is 5.85. The third-order valence-corrected chi connectivity index (χ3v) is 5.07. The first kappa shape index (κ1) is 15.3. The normalized spacial score (nSPS) is 11.7. The molecular formula is C14H22ClNOSi. The molecule has 1 aromatic rings. The van der Waals surface area contributed by atoms with Crippen LogP contribution in [-0.2, 0) is 5.88 Å². The van der Waals surface area contributed by atoms with Gasteiger partial charge in [0.15, 0.2) is 0 Å². The highest BCUT2D eigenvalue weighted by atomic mass is 35.5. The van der Waals surface area contributed by atoms with E-state index in [0.717, 1.165) is 11.1 Å². The molecule has 0 aliphatic rings. The molecule has 1 aromatic carbocycles. The van der Waals surface area contributed by atoms with Gasteiger partial charge in [-0.3, -0.25) is 4.79 Å². The number of hydrogen-bond acceptors (Lipinski definition) is 1. The molecule has 1 rings (SSSR count). The van der Waals surface area contributed by atoms with Crippen LogP contribution < -0.4 is 10.5 Å². The van der Waals surface area contributed by atoms with Crippen molar-refractivity contribution < 1.29 is 4.79 Å². The average Bonchev–Trinajstić information content (AvgIpc) is 2.25. The van der Waals surface area contributed by atoms with Crippen LogP contribution in [0.1, 0.15) is 29.8 Å². The van der Waals surface area contributed by atoms with E-state index >= 15 is 0 Å². The van der Waals surface area contributed by atoms with E-state index in [1.807, 2.05) is 26.0 Å². The Labute approximate surface area is 116 Å². The zero-order valence-electron chi connectivity index (χ0n) is 11.8. The monoisotopic (exact) mass is 283 g/mol. The van der Waals surface area contributed by atoms with Crippen molar-refractivity contribution in [3.63, 3.8) is 0 Å². The first-order chi connectivity index (χ1) is 8.27. The van der Waals surface area contributed by atoms with Crippen LogP contribution in [0.4, 0.5) is 0 Å². The Hall–Kier alpha value is -0.803. The van der Waals surface area contributed by atoms with Crippen LogP contribution in [0.3, 0.4) is 0 Å². The van der Waals surface area contributed by atoms with Gasteiger partial charge in [0.25, 0.3) is 5.91 Å². The van der Waals surface area contributed by atoms with Gasteiger partial charge in [0.1, 0.15) is 0 Å². The van der Waals surface area contributed by atoms with Crippen molar-refractivity contribution in [2.24, 2.45) is 0 Å². The Morgan fingerprint density at radius 3 is 2.39 bits per heavy atom. The third-order valence-electron chi connectivity index (χ3n) is 2.75. The van der Waals surface area contributed by atoms with Gasteiger partial charge < -0.3 is 5.32 Å². The molecule has 0 unspecified atom stereocenters. The van der Waals surface area contributed by atoms with E-state index < -0.39 is 8.07 Å². The van der Waals surface area contributed by atoms with Gasteiger partial charge in [-0.05, 0) is 24.6 Å². The molecule has 0 spiro atoms. The second kappa shape index (κ2) is 5.89. The van der Waals surface area contributed by atoms with Gasteiger partial charge in [-0.2, -0.15) is 0 Å². The maximum absolute atomic E-state index is 12.4. The molecule has 4 heteroatoms. The summed E-state index contributed by atoms with van der Waals surface area (Å²) in [4.78, 5) is 12.4. The fourth-order valence-electron chi connectivity index (χ4n) is 1.94. The fourth-order valence-corrected chi connectivity index (χ4v) is 3.78. The lowest BCUT2D eigenvalue weighted by atomic mass is 10.1. The summed E-state index contributed by atoms with van der Waals surface area (Å²) in [6.07, 6.45) is 0. The molecule has 1 amide bonds. The highest BCUT2D eigenvalue weighted by Gasteiger charge is 2.25. The van der Waals surface area contributed by atoms with Crippen LogP contribution in [0, 0.1) is 0 Å². The van der Waals surface area contributed by atoms with Gasteiger partial charge in [-0.1, -0.05) is 37.8 Å². The first-order valence-corrected chi connectivity index (χ1v) is 10.3. The molecule has 0 aliphatic heterocycles. The zero-order chi connectivity index (χ0) is 13.9. The Balaban J connectivity index is 3.33. The Kier molecular flexibility index (Phi) is 4.99. The first-order valence-electron chi connectivity index (χ1n) is 6.26. The van der Waals surface area contributed by atoms with Crippen LogP contribution in [0.5, 0.6) is 0 Å². The summed E-state index contributed by atoms with van der Waals surface area (Å²) in [5.74, 6) is 0.373. The molecule has 0 aromatic heterocycles. The predicted octanol–water partition coefficient (Wildman–Crippen LogP) is 3.11. The molecule has 0 aliphatic carbocycles. The van der Waals surface area contributed by atoms with Crippen LogP contribution in [0.15, 0.2) is 18.2 Å². The van der Waals surface area contributed by atoms with Crippen molar-refractivity contribution in [3.05, 3.63) is 29.3 Å². The van der Waals surface area contributed by atoms with Crippen molar-refractivity contribution >= 4 is 30.8 Å². The van der Waals surface area contributed by atoms with E-state index in [4.69, 9.17) is 11.6 Å². The predicted molar refractivity (Wildman–Crippen MR) is 81.6 cm³/mol. The number of halogens is 1. The van der Waals surface area contributed by atoms with Crippen LogP contribution >= 0.6 is 11.6 Å². The van der Waals surface area contributed by atoms with Crippen molar-refractivity contribution in [3.8, 4) is 0 Å². The van der Waals surface area contributed by atoms with E-state index in [-0.39, 0.29) is 11.9 Å². The molecule has 0 atom stereocenters. The number of carbonyl (C=O) groups excluding carboxylic acids is 1.